The Morgan fingerprint density at radius 2 is 0.816 bits per heavy atom. The zero-order valence-electron chi connectivity index (χ0n) is 24.9. The highest BCUT2D eigenvalue weighted by atomic mass is 16.6. The number of ether oxygens (including phenoxy) is 7. The van der Waals surface area contributed by atoms with Crippen molar-refractivity contribution in [2.45, 2.75) is 116 Å². The summed E-state index contributed by atoms with van der Waals surface area (Å²) >= 11 is 0. The number of unbranched alkanes of at least 4 members (excludes halogenated alkanes) is 15. The van der Waals surface area contributed by atoms with Crippen LogP contribution < -0.4 is 0 Å². The maximum Gasteiger partial charge on any atom is 0.104 e. The lowest BCUT2D eigenvalue weighted by molar-refractivity contribution is -0.0846. The monoisotopic (exact) mass is 546 g/mol. The Hall–Kier alpha value is -0.280. The van der Waals surface area contributed by atoms with Gasteiger partial charge in [0.05, 0.1) is 79.3 Å². The fraction of sp³-hybridized carbons (Fsp3) is 1.00. The molecular weight excluding hydrogens is 484 g/mol. The van der Waals surface area contributed by atoms with Gasteiger partial charge in [-0.25, -0.2) is 0 Å². The Bertz CT molecular complexity index is 420. The quantitative estimate of drug-likeness (QED) is 0.166. The molecule has 0 spiro atoms. The van der Waals surface area contributed by atoms with Crippen LogP contribution in [0, 0.1) is 0 Å². The second-order valence-electron chi connectivity index (χ2n) is 10.4. The van der Waals surface area contributed by atoms with Crippen LogP contribution in [-0.2, 0) is 33.2 Å². The van der Waals surface area contributed by atoms with Gasteiger partial charge < -0.3 is 33.2 Å². The summed E-state index contributed by atoms with van der Waals surface area (Å²) in [5.41, 5.74) is 0. The maximum atomic E-state index is 5.94. The van der Waals surface area contributed by atoms with Crippen LogP contribution in [0.1, 0.15) is 110 Å². The third-order valence-corrected chi connectivity index (χ3v) is 6.82. The first-order valence-electron chi connectivity index (χ1n) is 16.0. The average Bonchev–Trinajstić information content (AvgIpc) is 2.93. The molecule has 0 aliphatic carbocycles. The van der Waals surface area contributed by atoms with Crippen LogP contribution >= 0.6 is 0 Å². The smallest absolute Gasteiger partial charge is 0.104 e. The van der Waals surface area contributed by atoms with E-state index in [2.05, 4.69) is 6.92 Å². The van der Waals surface area contributed by atoms with Gasteiger partial charge in [0.1, 0.15) is 6.10 Å². The standard InChI is InChI=1S/C31H62O7/c1-2-3-4-5-6-7-8-9-10-11-12-13-14-15-16-17-18-36-29-31-30-37-26-25-34-22-21-32-19-20-33-23-24-35-27-28-38-31/h31H,2-30H2,1H3. The van der Waals surface area contributed by atoms with E-state index in [0.29, 0.717) is 79.3 Å². The summed E-state index contributed by atoms with van der Waals surface area (Å²) in [5.74, 6) is 0. The van der Waals surface area contributed by atoms with E-state index in [-0.39, 0.29) is 6.10 Å². The summed E-state index contributed by atoms with van der Waals surface area (Å²) in [4.78, 5) is 0. The van der Waals surface area contributed by atoms with Gasteiger partial charge in [0.15, 0.2) is 0 Å². The van der Waals surface area contributed by atoms with Crippen molar-refractivity contribution in [3.05, 3.63) is 0 Å². The minimum Gasteiger partial charge on any atom is -0.379 e. The normalized spacial score (nSPS) is 19.7. The Balaban J connectivity index is 1.94. The van der Waals surface area contributed by atoms with Crippen LogP contribution in [0.5, 0.6) is 0 Å². The summed E-state index contributed by atoms with van der Waals surface area (Å²) in [6, 6.07) is 0. The molecule has 0 amide bonds. The molecule has 0 bridgehead atoms. The van der Waals surface area contributed by atoms with Crippen molar-refractivity contribution in [2.24, 2.45) is 0 Å². The van der Waals surface area contributed by atoms with E-state index < -0.39 is 0 Å². The molecule has 1 aliphatic heterocycles. The molecule has 1 unspecified atom stereocenters. The first-order chi connectivity index (χ1) is 18.9. The van der Waals surface area contributed by atoms with Crippen molar-refractivity contribution in [3.8, 4) is 0 Å². The predicted octanol–water partition coefficient (Wildman–Crippen LogP) is 6.75. The molecule has 0 radical (unpaired) electrons. The lowest BCUT2D eigenvalue weighted by atomic mass is 10.0. The van der Waals surface area contributed by atoms with Gasteiger partial charge in [-0.1, -0.05) is 103 Å². The Labute approximate surface area is 234 Å². The van der Waals surface area contributed by atoms with E-state index in [4.69, 9.17) is 33.2 Å². The molecule has 38 heavy (non-hydrogen) atoms. The van der Waals surface area contributed by atoms with Crippen molar-refractivity contribution in [3.63, 3.8) is 0 Å². The molecule has 1 fully saturated rings. The molecule has 1 saturated heterocycles. The predicted molar refractivity (Wildman–Crippen MR) is 154 cm³/mol. The van der Waals surface area contributed by atoms with Gasteiger partial charge in [0, 0.05) is 6.61 Å². The number of hydrogen-bond acceptors (Lipinski definition) is 7. The average molecular weight is 547 g/mol. The van der Waals surface area contributed by atoms with Crippen LogP contribution in [-0.4, -0.2) is 92.0 Å². The summed E-state index contributed by atoms with van der Waals surface area (Å²) in [6.45, 7) is 9.69. The van der Waals surface area contributed by atoms with Crippen molar-refractivity contribution in [2.75, 3.05) is 85.9 Å². The van der Waals surface area contributed by atoms with Crippen molar-refractivity contribution < 1.29 is 33.2 Å². The topological polar surface area (TPSA) is 64.6 Å². The van der Waals surface area contributed by atoms with Gasteiger partial charge in [0.25, 0.3) is 0 Å². The summed E-state index contributed by atoms with van der Waals surface area (Å²) in [7, 11) is 0. The minimum absolute atomic E-state index is 0.0851. The molecule has 228 valence electrons. The van der Waals surface area contributed by atoms with Crippen LogP contribution in [0.15, 0.2) is 0 Å². The number of hydrogen-bond donors (Lipinski definition) is 0. The fourth-order valence-corrected chi connectivity index (χ4v) is 4.48. The molecule has 7 heteroatoms. The number of rotatable bonds is 19. The largest absolute Gasteiger partial charge is 0.379 e. The molecule has 1 atom stereocenters. The van der Waals surface area contributed by atoms with E-state index in [1.54, 1.807) is 0 Å². The van der Waals surface area contributed by atoms with E-state index in [1.807, 2.05) is 0 Å². The molecule has 1 rings (SSSR count). The highest BCUT2D eigenvalue weighted by Gasteiger charge is 2.10. The molecule has 0 aromatic heterocycles. The van der Waals surface area contributed by atoms with Crippen LogP contribution in [0.3, 0.4) is 0 Å². The summed E-state index contributed by atoms with van der Waals surface area (Å²) in [6.07, 6.45) is 22.0. The highest BCUT2D eigenvalue weighted by molar-refractivity contribution is 4.57. The van der Waals surface area contributed by atoms with Crippen molar-refractivity contribution in [1.29, 1.82) is 0 Å². The van der Waals surface area contributed by atoms with E-state index in [1.165, 1.54) is 96.3 Å². The third kappa shape index (κ3) is 27.3. The van der Waals surface area contributed by atoms with E-state index in [0.717, 1.165) is 13.0 Å². The van der Waals surface area contributed by atoms with Gasteiger partial charge in [-0.15, -0.1) is 0 Å². The van der Waals surface area contributed by atoms with Crippen LogP contribution in [0.4, 0.5) is 0 Å². The van der Waals surface area contributed by atoms with Gasteiger partial charge in [-0.05, 0) is 6.42 Å². The summed E-state index contributed by atoms with van der Waals surface area (Å²) < 4.78 is 39.6. The van der Waals surface area contributed by atoms with Gasteiger partial charge in [-0.3, -0.25) is 0 Å². The molecule has 7 nitrogen and oxygen atoms in total. The van der Waals surface area contributed by atoms with Gasteiger partial charge >= 0.3 is 0 Å². The summed E-state index contributed by atoms with van der Waals surface area (Å²) in [5, 5.41) is 0. The highest BCUT2D eigenvalue weighted by Crippen LogP contribution is 2.13. The SMILES string of the molecule is CCCCCCCCCCCCCCCCCCOCC1COCCOCCOCCOCCOCCO1. The molecule has 0 aromatic rings. The Morgan fingerprint density at radius 1 is 0.447 bits per heavy atom. The minimum atomic E-state index is -0.0851. The zero-order chi connectivity index (χ0) is 27.0. The third-order valence-electron chi connectivity index (χ3n) is 6.82. The molecule has 0 N–H and O–H groups in total. The maximum absolute atomic E-state index is 5.94. The molecular formula is C31H62O7. The Kier molecular flexibility index (Phi) is 29.4. The molecule has 0 aromatic carbocycles. The van der Waals surface area contributed by atoms with Crippen molar-refractivity contribution >= 4 is 0 Å². The first-order valence-corrected chi connectivity index (χ1v) is 16.0. The lowest BCUT2D eigenvalue weighted by Gasteiger charge is -2.19. The van der Waals surface area contributed by atoms with Gasteiger partial charge in [0.2, 0.25) is 0 Å². The van der Waals surface area contributed by atoms with Crippen LogP contribution in [0.2, 0.25) is 0 Å². The Morgan fingerprint density at radius 3 is 1.26 bits per heavy atom. The molecule has 1 heterocycles. The van der Waals surface area contributed by atoms with Gasteiger partial charge in [-0.2, -0.15) is 0 Å². The van der Waals surface area contributed by atoms with E-state index in [9.17, 15) is 0 Å². The fourth-order valence-electron chi connectivity index (χ4n) is 4.48. The molecule has 0 saturated carbocycles. The zero-order valence-corrected chi connectivity index (χ0v) is 24.9. The second-order valence-corrected chi connectivity index (χ2v) is 10.4. The second kappa shape index (κ2) is 31.3. The first kappa shape index (κ1) is 35.7. The lowest BCUT2D eigenvalue weighted by Crippen LogP contribution is -2.28. The van der Waals surface area contributed by atoms with Crippen LogP contribution in [0.25, 0.3) is 0 Å². The van der Waals surface area contributed by atoms with Crippen molar-refractivity contribution in [1.82, 2.24) is 0 Å². The van der Waals surface area contributed by atoms with E-state index >= 15 is 0 Å². The molecule has 1 aliphatic rings.